The van der Waals surface area contributed by atoms with Crippen LogP contribution in [0.2, 0.25) is 0 Å². The predicted octanol–water partition coefficient (Wildman–Crippen LogP) is 2.41. The van der Waals surface area contributed by atoms with E-state index in [0.717, 1.165) is 5.75 Å². The summed E-state index contributed by atoms with van der Waals surface area (Å²) in [6.07, 6.45) is 0. The maximum absolute atomic E-state index is 12.1. The van der Waals surface area contributed by atoms with Crippen molar-refractivity contribution in [1.29, 1.82) is 0 Å². The van der Waals surface area contributed by atoms with Gasteiger partial charge in [0.15, 0.2) is 0 Å². The van der Waals surface area contributed by atoms with E-state index in [-0.39, 0.29) is 5.91 Å². The van der Waals surface area contributed by atoms with Crippen LogP contribution in [0.25, 0.3) is 0 Å². The lowest BCUT2D eigenvalue weighted by atomic mass is 10.2. The second-order valence-electron chi connectivity index (χ2n) is 4.11. The summed E-state index contributed by atoms with van der Waals surface area (Å²) in [6, 6.07) is 6.61. The minimum Gasteiger partial charge on any atom is -0.496 e. The number of methoxy groups -OCH3 is 1. The summed E-state index contributed by atoms with van der Waals surface area (Å²) in [5.74, 6) is 0.714. The van der Waals surface area contributed by atoms with Crippen LogP contribution in [0.5, 0.6) is 0 Å². The van der Waals surface area contributed by atoms with E-state index in [1.165, 1.54) is 18.9 Å². The lowest BCUT2D eigenvalue weighted by molar-refractivity contribution is -0.112. The highest BCUT2D eigenvalue weighted by Gasteiger charge is 2.19. The first-order valence-corrected chi connectivity index (χ1v) is 7.06. The molecule has 5 nitrogen and oxygen atoms in total. The molecule has 1 aliphatic rings. The number of anilines is 1. The van der Waals surface area contributed by atoms with E-state index in [9.17, 15) is 9.59 Å². The van der Waals surface area contributed by atoms with Gasteiger partial charge < -0.3 is 14.8 Å². The highest BCUT2D eigenvalue weighted by atomic mass is 32.2. The van der Waals surface area contributed by atoms with Crippen molar-refractivity contribution < 1.29 is 19.1 Å². The number of amides is 1. The highest BCUT2D eigenvalue weighted by Crippen LogP contribution is 2.26. The number of carbonyl (C=O) groups is 2. The van der Waals surface area contributed by atoms with Gasteiger partial charge in [0.2, 0.25) is 0 Å². The number of thioether (sulfide) groups is 1. The van der Waals surface area contributed by atoms with Crippen LogP contribution in [0, 0.1) is 0 Å². The maximum atomic E-state index is 12.1. The van der Waals surface area contributed by atoms with Gasteiger partial charge in [-0.2, -0.15) is 0 Å². The van der Waals surface area contributed by atoms with E-state index in [1.54, 1.807) is 31.2 Å². The zero-order valence-corrected chi connectivity index (χ0v) is 12.1. The van der Waals surface area contributed by atoms with Crippen molar-refractivity contribution >= 4 is 29.3 Å². The molecule has 1 aromatic carbocycles. The molecule has 0 unspecified atom stereocenters. The number of carbonyl (C=O) groups excluding carboxylic acids is 2. The molecule has 106 valence electrons. The summed E-state index contributed by atoms with van der Waals surface area (Å²) in [4.78, 5) is 24.1. The van der Waals surface area contributed by atoms with Crippen molar-refractivity contribution in [3.63, 3.8) is 0 Å². The van der Waals surface area contributed by atoms with Crippen molar-refractivity contribution in [2.24, 2.45) is 0 Å². The van der Waals surface area contributed by atoms with Crippen molar-refractivity contribution in [2.45, 2.75) is 6.92 Å². The fraction of sp³-hybridized carbons (Fsp3) is 0.286. The molecule has 0 aliphatic carbocycles. The van der Waals surface area contributed by atoms with Crippen molar-refractivity contribution in [3.8, 4) is 0 Å². The summed E-state index contributed by atoms with van der Waals surface area (Å²) in [5.41, 5.74) is 0.938. The zero-order valence-electron chi connectivity index (χ0n) is 11.3. The monoisotopic (exact) mass is 293 g/mol. The summed E-state index contributed by atoms with van der Waals surface area (Å²) in [7, 11) is 1.32. The molecule has 0 aromatic heterocycles. The zero-order chi connectivity index (χ0) is 14.5. The van der Waals surface area contributed by atoms with Crippen LogP contribution < -0.4 is 5.32 Å². The van der Waals surface area contributed by atoms with E-state index >= 15 is 0 Å². The van der Waals surface area contributed by atoms with Gasteiger partial charge in [0, 0.05) is 11.4 Å². The summed E-state index contributed by atoms with van der Waals surface area (Å²) < 4.78 is 10.00. The Labute approximate surface area is 121 Å². The molecular formula is C14H15NO4S. The fourth-order valence-corrected chi connectivity index (χ4v) is 2.58. The number of nitrogens with one attached hydrogen (secondary N) is 1. The minimum atomic E-state index is -0.438. The Morgan fingerprint density at radius 1 is 1.40 bits per heavy atom. The number of ether oxygens (including phenoxy) is 2. The molecule has 20 heavy (non-hydrogen) atoms. The Bertz CT molecular complexity index is 568. The highest BCUT2D eigenvalue weighted by molar-refractivity contribution is 8.04. The Morgan fingerprint density at radius 2 is 2.20 bits per heavy atom. The normalized spacial score (nSPS) is 14.5. The fourth-order valence-electron chi connectivity index (χ4n) is 1.76. The molecule has 0 atom stereocenters. The standard InChI is InChI=1S/C14H15NO4S/c1-9-12(20-7-6-19-9)13(16)15-11-5-3-4-10(8-11)14(17)18-2/h3-5,8H,6-7H2,1-2H3,(H,15,16). The molecule has 0 bridgehead atoms. The first-order chi connectivity index (χ1) is 9.61. The molecule has 1 aromatic rings. The number of allylic oxidation sites excluding steroid dienone is 1. The third kappa shape index (κ3) is 3.33. The van der Waals surface area contributed by atoms with Gasteiger partial charge in [0.1, 0.15) is 10.7 Å². The summed E-state index contributed by atoms with van der Waals surface area (Å²) in [6.45, 7) is 2.39. The molecule has 6 heteroatoms. The smallest absolute Gasteiger partial charge is 0.337 e. The molecule has 0 saturated heterocycles. The van der Waals surface area contributed by atoms with Gasteiger partial charge in [-0.1, -0.05) is 6.07 Å². The molecule has 0 radical (unpaired) electrons. The molecule has 1 N–H and O–H groups in total. The van der Waals surface area contributed by atoms with Crippen LogP contribution in [0.15, 0.2) is 34.9 Å². The summed E-state index contributed by atoms with van der Waals surface area (Å²) in [5, 5.41) is 2.76. The lowest BCUT2D eigenvalue weighted by Gasteiger charge is -2.17. The van der Waals surface area contributed by atoms with E-state index in [1.807, 2.05) is 0 Å². The molecule has 0 saturated carbocycles. The average molecular weight is 293 g/mol. The van der Waals surface area contributed by atoms with Crippen molar-refractivity contribution in [1.82, 2.24) is 0 Å². The third-order valence-corrected chi connectivity index (χ3v) is 3.85. The molecule has 1 amide bonds. The average Bonchev–Trinajstić information content (AvgIpc) is 2.47. The Kier molecular flexibility index (Phi) is 4.68. The Hall–Kier alpha value is -1.95. The molecule has 2 rings (SSSR count). The molecule has 1 heterocycles. The summed E-state index contributed by atoms with van der Waals surface area (Å²) >= 11 is 1.46. The number of hydrogen-bond acceptors (Lipinski definition) is 5. The molecule has 0 fully saturated rings. The van der Waals surface area contributed by atoms with Crippen LogP contribution in [-0.4, -0.2) is 31.3 Å². The largest absolute Gasteiger partial charge is 0.496 e. The molecule has 1 aliphatic heterocycles. The number of benzene rings is 1. The quantitative estimate of drug-likeness (QED) is 0.867. The van der Waals surface area contributed by atoms with E-state index in [0.29, 0.717) is 28.5 Å². The van der Waals surface area contributed by atoms with Crippen LogP contribution in [0.3, 0.4) is 0 Å². The Morgan fingerprint density at radius 3 is 2.90 bits per heavy atom. The van der Waals surface area contributed by atoms with Crippen molar-refractivity contribution in [3.05, 3.63) is 40.5 Å². The van der Waals surface area contributed by atoms with Gasteiger partial charge in [-0.3, -0.25) is 4.79 Å². The van der Waals surface area contributed by atoms with Gasteiger partial charge in [-0.05, 0) is 25.1 Å². The van der Waals surface area contributed by atoms with Crippen LogP contribution in [0.4, 0.5) is 5.69 Å². The van der Waals surface area contributed by atoms with E-state index < -0.39 is 5.97 Å². The number of esters is 1. The lowest BCUT2D eigenvalue weighted by Crippen LogP contribution is -2.18. The van der Waals surface area contributed by atoms with E-state index in [2.05, 4.69) is 10.1 Å². The molecule has 0 spiro atoms. The van der Waals surface area contributed by atoms with Crippen LogP contribution in [-0.2, 0) is 14.3 Å². The van der Waals surface area contributed by atoms with Crippen LogP contribution in [0.1, 0.15) is 17.3 Å². The predicted molar refractivity (Wildman–Crippen MR) is 77.5 cm³/mol. The van der Waals surface area contributed by atoms with Gasteiger partial charge in [-0.25, -0.2) is 4.79 Å². The first kappa shape index (κ1) is 14.5. The third-order valence-electron chi connectivity index (χ3n) is 2.72. The second kappa shape index (κ2) is 6.47. The van der Waals surface area contributed by atoms with Gasteiger partial charge in [0.25, 0.3) is 5.91 Å². The minimum absolute atomic E-state index is 0.228. The van der Waals surface area contributed by atoms with Gasteiger partial charge in [-0.15, -0.1) is 11.8 Å². The SMILES string of the molecule is COC(=O)c1cccc(NC(=O)C2=C(C)OCCS2)c1. The maximum Gasteiger partial charge on any atom is 0.337 e. The van der Waals surface area contributed by atoms with Crippen LogP contribution >= 0.6 is 11.8 Å². The van der Waals surface area contributed by atoms with Gasteiger partial charge >= 0.3 is 5.97 Å². The Balaban J connectivity index is 2.14. The topological polar surface area (TPSA) is 64.6 Å². The number of rotatable bonds is 3. The second-order valence-corrected chi connectivity index (χ2v) is 5.21. The molecular weight excluding hydrogens is 278 g/mol. The van der Waals surface area contributed by atoms with E-state index in [4.69, 9.17) is 4.74 Å². The number of hydrogen-bond donors (Lipinski definition) is 1. The first-order valence-electron chi connectivity index (χ1n) is 6.08. The van der Waals surface area contributed by atoms with Crippen molar-refractivity contribution in [2.75, 3.05) is 24.8 Å². The van der Waals surface area contributed by atoms with Gasteiger partial charge in [0.05, 0.1) is 19.3 Å².